The highest BCUT2D eigenvalue weighted by Crippen LogP contribution is 2.21. The first-order valence-electron chi connectivity index (χ1n) is 8.03. The topological polar surface area (TPSA) is 62.4 Å². The highest BCUT2D eigenvalue weighted by atomic mass is 16.5. The van der Waals surface area contributed by atoms with Gasteiger partial charge in [-0.05, 0) is 44.4 Å². The van der Waals surface area contributed by atoms with Gasteiger partial charge in [-0.1, -0.05) is 24.3 Å². The van der Waals surface area contributed by atoms with E-state index in [0.29, 0.717) is 35.7 Å². The number of ether oxygens (including phenoxy) is 1. The van der Waals surface area contributed by atoms with E-state index in [2.05, 4.69) is 4.98 Å². The monoisotopic (exact) mass is 328 g/mol. The zero-order valence-electron chi connectivity index (χ0n) is 14.9. The summed E-state index contributed by atoms with van der Waals surface area (Å²) in [6, 6.07) is 7.97. The number of benzene rings is 1. The molecule has 0 radical (unpaired) electrons. The van der Waals surface area contributed by atoms with E-state index >= 15 is 0 Å². The van der Waals surface area contributed by atoms with Crippen LogP contribution in [0.4, 0.5) is 0 Å². The number of hydrogen-bond acceptors (Lipinski definition) is 3. The van der Waals surface area contributed by atoms with Gasteiger partial charge in [-0.3, -0.25) is 4.79 Å². The summed E-state index contributed by atoms with van der Waals surface area (Å²) < 4.78 is 5.07. The number of aromatic nitrogens is 1. The molecule has 0 aliphatic heterocycles. The van der Waals surface area contributed by atoms with Crippen LogP contribution in [0.3, 0.4) is 0 Å². The van der Waals surface area contributed by atoms with Gasteiger partial charge in [0.25, 0.3) is 5.91 Å². The van der Waals surface area contributed by atoms with E-state index in [9.17, 15) is 9.59 Å². The van der Waals surface area contributed by atoms with Gasteiger partial charge in [0.2, 0.25) is 0 Å². The van der Waals surface area contributed by atoms with Crippen LogP contribution in [0, 0.1) is 20.8 Å². The van der Waals surface area contributed by atoms with Crippen molar-refractivity contribution in [3.8, 4) is 0 Å². The molecular formula is C19H24N2O3. The number of carbonyl (C=O) groups excluding carboxylic acids is 2. The van der Waals surface area contributed by atoms with E-state index in [1.165, 1.54) is 0 Å². The van der Waals surface area contributed by atoms with E-state index in [4.69, 9.17) is 4.74 Å². The number of H-pyrrole nitrogens is 1. The zero-order chi connectivity index (χ0) is 17.9. The van der Waals surface area contributed by atoms with E-state index < -0.39 is 5.97 Å². The SMILES string of the molecule is CCOC(=O)c1c(C)[nH]c(C(=O)N(C)Cc2ccccc2C)c1C. The van der Waals surface area contributed by atoms with Crippen LogP contribution < -0.4 is 0 Å². The Morgan fingerprint density at radius 3 is 2.46 bits per heavy atom. The molecule has 2 aromatic rings. The fourth-order valence-electron chi connectivity index (χ4n) is 2.78. The van der Waals surface area contributed by atoms with E-state index in [1.54, 1.807) is 32.7 Å². The molecule has 0 unspecified atom stereocenters. The molecule has 0 saturated carbocycles. The summed E-state index contributed by atoms with van der Waals surface area (Å²) in [4.78, 5) is 29.5. The van der Waals surface area contributed by atoms with Crippen LogP contribution in [-0.2, 0) is 11.3 Å². The van der Waals surface area contributed by atoms with Crippen molar-refractivity contribution in [3.05, 3.63) is 57.9 Å². The molecule has 1 heterocycles. The standard InChI is InChI=1S/C19H24N2O3/c1-6-24-19(23)16-13(3)17(20-14(16)4)18(22)21(5)11-15-10-8-7-9-12(15)2/h7-10,20H,6,11H2,1-5H3. The van der Waals surface area contributed by atoms with Gasteiger partial charge in [-0.2, -0.15) is 0 Å². The number of aryl methyl sites for hydroxylation is 2. The Hall–Kier alpha value is -2.56. The summed E-state index contributed by atoms with van der Waals surface area (Å²) in [5, 5.41) is 0. The van der Waals surface area contributed by atoms with Crippen LogP contribution in [0.1, 0.15) is 50.2 Å². The lowest BCUT2D eigenvalue weighted by molar-refractivity contribution is 0.0525. The Morgan fingerprint density at radius 2 is 1.83 bits per heavy atom. The van der Waals surface area contributed by atoms with Crippen molar-refractivity contribution in [2.75, 3.05) is 13.7 Å². The van der Waals surface area contributed by atoms with Crippen molar-refractivity contribution in [1.29, 1.82) is 0 Å². The second kappa shape index (κ2) is 7.34. The number of carbonyl (C=O) groups is 2. The maximum Gasteiger partial charge on any atom is 0.340 e. The van der Waals surface area contributed by atoms with Crippen LogP contribution >= 0.6 is 0 Å². The molecule has 2 rings (SSSR count). The molecule has 0 atom stereocenters. The van der Waals surface area contributed by atoms with Crippen LogP contribution in [-0.4, -0.2) is 35.4 Å². The molecule has 0 saturated heterocycles. The molecule has 24 heavy (non-hydrogen) atoms. The van der Waals surface area contributed by atoms with Gasteiger partial charge in [0.05, 0.1) is 12.2 Å². The highest BCUT2D eigenvalue weighted by molar-refractivity contribution is 6.00. The Morgan fingerprint density at radius 1 is 1.17 bits per heavy atom. The summed E-state index contributed by atoms with van der Waals surface area (Å²) in [5.41, 5.74) is 4.41. The predicted molar refractivity (Wildman–Crippen MR) is 93.2 cm³/mol. The maximum atomic E-state index is 12.8. The Bertz CT molecular complexity index is 762. The maximum absolute atomic E-state index is 12.8. The number of nitrogens with zero attached hydrogens (tertiary/aromatic N) is 1. The van der Waals surface area contributed by atoms with Crippen molar-refractivity contribution < 1.29 is 14.3 Å². The summed E-state index contributed by atoms with van der Waals surface area (Å²) in [5.74, 6) is -0.543. The molecule has 0 aliphatic rings. The van der Waals surface area contributed by atoms with E-state index in [0.717, 1.165) is 11.1 Å². The van der Waals surface area contributed by atoms with Gasteiger partial charge in [0, 0.05) is 19.3 Å². The third-order valence-electron chi connectivity index (χ3n) is 4.15. The molecule has 1 N–H and O–H groups in total. The molecule has 5 heteroatoms. The number of hydrogen-bond donors (Lipinski definition) is 1. The van der Waals surface area contributed by atoms with Crippen LogP contribution in [0.5, 0.6) is 0 Å². The van der Waals surface area contributed by atoms with Crippen LogP contribution in [0.25, 0.3) is 0 Å². The first-order valence-corrected chi connectivity index (χ1v) is 8.03. The third-order valence-corrected chi connectivity index (χ3v) is 4.15. The molecule has 0 aliphatic carbocycles. The molecule has 0 spiro atoms. The molecule has 5 nitrogen and oxygen atoms in total. The molecule has 1 aromatic carbocycles. The quantitative estimate of drug-likeness (QED) is 0.856. The van der Waals surface area contributed by atoms with Crippen LogP contribution in [0.15, 0.2) is 24.3 Å². The summed E-state index contributed by atoms with van der Waals surface area (Å²) >= 11 is 0. The van der Waals surface area contributed by atoms with Gasteiger partial charge in [0.1, 0.15) is 5.69 Å². The Labute approximate surface area is 142 Å². The second-order valence-electron chi connectivity index (χ2n) is 5.93. The first-order chi connectivity index (χ1) is 11.4. The smallest absolute Gasteiger partial charge is 0.340 e. The largest absolute Gasteiger partial charge is 0.462 e. The Balaban J connectivity index is 2.25. The van der Waals surface area contributed by atoms with Gasteiger partial charge < -0.3 is 14.6 Å². The fraction of sp³-hybridized carbons (Fsp3) is 0.368. The summed E-state index contributed by atoms with van der Waals surface area (Å²) in [6.07, 6.45) is 0. The number of nitrogens with one attached hydrogen (secondary N) is 1. The molecule has 1 amide bonds. The van der Waals surface area contributed by atoms with Crippen LogP contribution in [0.2, 0.25) is 0 Å². The van der Waals surface area contributed by atoms with Crippen molar-refractivity contribution >= 4 is 11.9 Å². The number of rotatable bonds is 5. The fourth-order valence-corrected chi connectivity index (χ4v) is 2.78. The minimum Gasteiger partial charge on any atom is -0.462 e. The van der Waals surface area contributed by atoms with E-state index in [-0.39, 0.29) is 5.91 Å². The predicted octanol–water partition coefficient (Wildman–Crippen LogP) is 3.39. The average molecular weight is 328 g/mol. The Kier molecular flexibility index (Phi) is 5.44. The number of aromatic amines is 1. The third kappa shape index (κ3) is 3.50. The number of esters is 1. The van der Waals surface area contributed by atoms with Crippen molar-refractivity contribution in [3.63, 3.8) is 0 Å². The molecular weight excluding hydrogens is 304 g/mol. The number of amides is 1. The lowest BCUT2D eigenvalue weighted by Gasteiger charge is -2.18. The summed E-state index contributed by atoms with van der Waals surface area (Å²) in [6.45, 7) is 8.15. The minimum atomic E-state index is -0.399. The average Bonchev–Trinajstić information content (AvgIpc) is 2.83. The van der Waals surface area contributed by atoms with Gasteiger partial charge in [-0.25, -0.2) is 4.79 Å². The van der Waals surface area contributed by atoms with Crippen molar-refractivity contribution in [2.24, 2.45) is 0 Å². The molecule has 1 aromatic heterocycles. The lowest BCUT2D eigenvalue weighted by Crippen LogP contribution is -2.27. The van der Waals surface area contributed by atoms with Gasteiger partial charge >= 0.3 is 5.97 Å². The second-order valence-corrected chi connectivity index (χ2v) is 5.93. The first kappa shape index (κ1) is 17.8. The van der Waals surface area contributed by atoms with E-state index in [1.807, 2.05) is 31.2 Å². The molecule has 128 valence electrons. The van der Waals surface area contributed by atoms with Gasteiger partial charge in [-0.15, -0.1) is 0 Å². The minimum absolute atomic E-state index is 0.144. The summed E-state index contributed by atoms with van der Waals surface area (Å²) in [7, 11) is 1.76. The van der Waals surface area contributed by atoms with Gasteiger partial charge in [0.15, 0.2) is 0 Å². The zero-order valence-corrected chi connectivity index (χ0v) is 14.9. The molecule has 0 fully saturated rings. The van der Waals surface area contributed by atoms with Crippen molar-refractivity contribution in [1.82, 2.24) is 9.88 Å². The lowest BCUT2D eigenvalue weighted by atomic mass is 10.1. The molecule has 0 bridgehead atoms. The normalized spacial score (nSPS) is 10.5. The highest BCUT2D eigenvalue weighted by Gasteiger charge is 2.24. The van der Waals surface area contributed by atoms with Crippen molar-refractivity contribution in [2.45, 2.75) is 34.2 Å².